The Labute approximate surface area is 181 Å². The van der Waals surface area contributed by atoms with E-state index in [1.165, 1.54) is 37.4 Å². The second-order valence-corrected chi connectivity index (χ2v) is 7.28. The molecule has 0 aromatic heterocycles. The number of halogens is 3. The third-order valence-corrected chi connectivity index (χ3v) is 5.09. The molecule has 1 amide bonds. The SMILES string of the molecule is COc1cc(F)ccc1Oc1cc(Cl)c(Cl)cc1C(=O)Nc1cccc(SN)c1. The highest BCUT2D eigenvalue weighted by molar-refractivity contribution is 7.97. The van der Waals surface area contributed by atoms with Gasteiger partial charge in [0.25, 0.3) is 5.91 Å². The van der Waals surface area contributed by atoms with Gasteiger partial charge in [-0.2, -0.15) is 0 Å². The van der Waals surface area contributed by atoms with Crippen molar-refractivity contribution in [3.63, 3.8) is 0 Å². The molecule has 0 saturated heterocycles. The van der Waals surface area contributed by atoms with E-state index in [1.807, 2.05) is 6.07 Å². The van der Waals surface area contributed by atoms with Gasteiger partial charge in [0.15, 0.2) is 11.5 Å². The van der Waals surface area contributed by atoms with E-state index in [4.69, 9.17) is 37.8 Å². The van der Waals surface area contributed by atoms with Crippen LogP contribution in [-0.2, 0) is 0 Å². The van der Waals surface area contributed by atoms with Gasteiger partial charge in [-0.25, -0.2) is 4.39 Å². The van der Waals surface area contributed by atoms with Crippen molar-refractivity contribution in [1.82, 2.24) is 0 Å². The highest BCUT2D eigenvalue weighted by Crippen LogP contribution is 2.37. The molecule has 29 heavy (non-hydrogen) atoms. The summed E-state index contributed by atoms with van der Waals surface area (Å²) in [5.41, 5.74) is 0.679. The maximum absolute atomic E-state index is 13.5. The van der Waals surface area contributed by atoms with E-state index in [9.17, 15) is 9.18 Å². The fourth-order valence-corrected chi connectivity index (χ4v) is 3.15. The van der Waals surface area contributed by atoms with Crippen LogP contribution in [0, 0.1) is 5.82 Å². The largest absolute Gasteiger partial charge is 0.493 e. The summed E-state index contributed by atoms with van der Waals surface area (Å²) in [7, 11) is 1.38. The molecule has 0 radical (unpaired) electrons. The summed E-state index contributed by atoms with van der Waals surface area (Å²) in [6, 6.07) is 13.6. The number of nitrogens with one attached hydrogen (secondary N) is 1. The first-order valence-electron chi connectivity index (χ1n) is 8.20. The zero-order valence-corrected chi connectivity index (χ0v) is 17.4. The predicted molar refractivity (Wildman–Crippen MR) is 114 cm³/mol. The van der Waals surface area contributed by atoms with Crippen LogP contribution in [0.1, 0.15) is 10.4 Å². The van der Waals surface area contributed by atoms with Gasteiger partial charge < -0.3 is 14.8 Å². The molecular formula is C20H15Cl2FN2O3S. The standard InChI is InChI=1S/C20H15Cl2FN2O3S/c1-27-19-7-11(23)5-6-17(19)28-18-10-16(22)15(21)9-14(18)20(26)25-12-3-2-4-13(8-12)29-24/h2-10H,24H2,1H3,(H,25,26). The van der Waals surface area contributed by atoms with E-state index in [0.717, 1.165) is 16.8 Å². The minimum absolute atomic E-state index is 0.131. The summed E-state index contributed by atoms with van der Waals surface area (Å²) in [5.74, 6) is -0.457. The number of ether oxygens (including phenoxy) is 2. The van der Waals surface area contributed by atoms with Crippen LogP contribution in [0.25, 0.3) is 0 Å². The van der Waals surface area contributed by atoms with Gasteiger partial charge in [0, 0.05) is 22.7 Å². The highest BCUT2D eigenvalue weighted by atomic mass is 35.5. The van der Waals surface area contributed by atoms with Crippen molar-refractivity contribution >= 4 is 46.7 Å². The van der Waals surface area contributed by atoms with Crippen molar-refractivity contribution in [2.45, 2.75) is 4.90 Å². The van der Waals surface area contributed by atoms with Crippen LogP contribution in [0.4, 0.5) is 10.1 Å². The van der Waals surface area contributed by atoms with Crippen LogP contribution < -0.4 is 19.9 Å². The molecule has 9 heteroatoms. The van der Waals surface area contributed by atoms with Gasteiger partial charge in [0.1, 0.15) is 11.6 Å². The zero-order valence-electron chi connectivity index (χ0n) is 15.0. The van der Waals surface area contributed by atoms with Crippen molar-refractivity contribution in [1.29, 1.82) is 0 Å². The first kappa shape index (κ1) is 21.3. The lowest BCUT2D eigenvalue weighted by molar-refractivity contribution is 0.102. The number of nitrogens with two attached hydrogens (primary N) is 1. The maximum Gasteiger partial charge on any atom is 0.259 e. The summed E-state index contributed by atoms with van der Waals surface area (Å²) in [4.78, 5) is 13.7. The van der Waals surface area contributed by atoms with Gasteiger partial charge in [-0.1, -0.05) is 29.3 Å². The number of hydrogen-bond acceptors (Lipinski definition) is 5. The maximum atomic E-state index is 13.5. The Morgan fingerprint density at radius 1 is 1.03 bits per heavy atom. The number of anilines is 1. The first-order valence-corrected chi connectivity index (χ1v) is 9.83. The van der Waals surface area contributed by atoms with Gasteiger partial charge in [0.2, 0.25) is 0 Å². The average Bonchev–Trinajstić information content (AvgIpc) is 2.71. The van der Waals surface area contributed by atoms with Gasteiger partial charge in [-0.15, -0.1) is 0 Å². The molecule has 150 valence electrons. The molecule has 0 saturated carbocycles. The van der Waals surface area contributed by atoms with Crippen LogP contribution in [0.3, 0.4) is 0 Å². The molecule has 3 aromatic carbocycles. The van der Waals surface area contributed by atoms with Crippen molar-refractivity contribution in [3.05, 3.63) is 76.0 Å². The van der Waals surface area contributed by atoms with Gasteiger partial charge in [0.05, 0.1) is 22.7 Å². The topological polar surface area (TPSA) is 73.6 Å². The highest BCUT2D eigenvalue weighted by Gasteiger charge is 2.18. The lowest BCUT2D eigenvalue weighted by Gasteiger charge is -2.15. The summed E-state index contributed by atoms with van der Waals surface area (Å²) in [6.07, 6.45) is 0. The lowest BCUT2D eigenvalue weighted by atomic mass is 10.1. The fourth-order valence-electron chi connectivity index (χ4n) is 2.48. The molecule has 5 nitrogen and oxygen atoms in total. The Kier molecular flexibility index (Phi) is 6.87. The van der Waals surface area contributed by atoms with Gasteiger partial charge in [-0.3, -0.25) is 9.93 Å². The minimum atomic E-state index is -0.487. The number of amides is 1. The fraction of sp³-hybridized carbons (Fsp3) is 0.0500. The quantitative estimate of drug-likeness (QED) is 0.438. The number of carbonyl (C=O) groups excluding carboxylic acids is 1. The number of rotatable bonds is 6. The predicted octanol–water partition coefficient (Wildman–Crippen LogP) is 6.15. The summed E-state index contributed by atoms with van der Waals surface area (Å²) < 4.78 is 24.4. The molecule has 3 rings (SSSR count). The van der Waals surface area contributed by atoms with Crippen molar-refractivity contribution < 1.29 is 18.7 Å². The van der Waals surface area contributed by atoms with E-state index in [2.05, 4.69) is 5.32 Å². The lowest BCUT2D eigenvalue weighted by Crippen LogP contribution is -2.13. The number of methoxy groups -OCH3 is 1. The van der Waals surface area contributed by atoms with Crippen LogP contribution in [0.15, 0.2) is 59.5 Å². The van der Waals surface area contributed by atoms with Crippen LogP contribution >= 0.6 is 35.1 Å². The Morgan fingerprint density at radius 2 is 1.79 bits per heavy atom. The molecule has 0 heterocycles. The van der Waals surface area contributed by atoms with Crippen LogP contribution in [-0.4, -0.2) is 13.0 Å². The molecule has 0 aliphatic carbocycles. The molecule has 0 aliphatic heterocycles. The second-order valence-electron chi connectivity index (χ2n) is 5.76. The number of benzene rings is 3. The third-order valence-electron chi connectivity index (χ3n) is 3.84. The molecule has 0 fully saturated rings. The summed E-state index contributed by atoms with van der Waals surface area (Å²) >= 11 is 13.3. The Balaban J connectivity index is 1.96. The molecule has 0 bridgehead atoms. The van der Waals surface area contributed by atoms with E-state index >= 15 is 0 Å². The number of carbonyl (C=O) groups is 1. The monoisotopic (exact) mass is 452 g/mol. The Bertz CT molecular complexity index is 1070. The molecule has 0 unspecified atom stereocenters. The molecule has 3 aromatic rings. The zero-order chi connectivity index (χ0) is 21.0. The normalized spacial score (nSPS) is 10.5. The summed E-state index contributed by atoms with van der Waals surface area (Å²) in [6.45, 7) is 0. The Morgan fingerprint density at radius 3 is 2.52 bits per heavy atom. The molecule has 0 atom stereocenters. The van der Waals surface area contributed by atoms with Crippen molar-refractivity contribution in [2.75, 3.05) is 12.4 Å². The Hall–Kier alpha value is -2.45. The number of hydrogen-bond donors (Lipinski definition) is 2. The molecule has 0 spiro atoms. The van der Waals surface area contributed by atoms with E-state index in [1.54, 1.807) is 18.2 Å². The summed E-state index contributed by atoms with van der Waals surface area (Å²) in [5, 5.41) is 8.70. The van der Waals surface area contributed by atoms with E-state index < -0.39 is 11.7 Å². The minimum Gasteiger partial charge on any atom is -0.493 e. The van der Waals surface area contributed by atoms with E-state index in [-0.39, 0.29) is 32.9 Å². The van der Waals surface area contributed by atoms with Gasteiger partial charge in [-0.05, 0) is 48.3 Å². The third kappa shape index (κ3) is 5.13. The van der Waals surface area contributed by atoms with Crippen LogP contribution in [0.2, 0.25) is 10.0 Å². The average molecular weight is 453 g/mol. The van der Waals surface area contributed by atoms with E-state index in [0.29, 0.717) is 5.69 Å². The molecule has 0 aliphatic rings. The van der Waals surface area contributed by atoms with Gasteiger partial charge >= 0.3 is 0 Å². The van der Waals surface area contributed by atoms with Crippen molar-refractivity contribution in [2.24, 2.45) is 5.14 Å². The first-order chi connectivity index (χ1) is 13.9. The second kappa shape index (κ2) is 9.37. The smallest absolute Gasteiger partial charge is 0.259 e. The van der Waals surface area contributed by atoms with Crippen LogP contribution in [0.5, 0.6) is 17.2 Å². The van der Waals surface area contributed by atoms with Crippen molar-refractivity contribution in [3.8, 4) is 17.2 Å². The molecular weight excluding hydrogens is 438 g/mol. The molecule has 3 N–H and O–H groups in total.